The molecule has 4 nitrogen and oxygen atoms in total. The third-order valence-corrected chi connectivity index (χ3v) is 2.33. The zero-order chi connectivity index (χ0) is 12.0. The van der Waals surface area contributed by atoms with E-state index in [1.165, 1.54) is 0 Å². The second-order valence-electron chi connectivity index (χ2n) is 2.99. The topological polar surface area (TPSA) is 70.5 Å². The van der Waals surface area contributed by atoms with Crippen molar-refractivity contribution in [2.75, 3.05) is 26.3 Å². The SMILES string of the molecule is NCCOc1cc(OCCN)c(Cl)cc1Cl. The lowest BCUT2D eigenvalue weighted by Gasteiger charge is -2.11. The van der Waals surface area contributed by atoms with Crippen LogP contribution in [0.3, 0.4) is 0 Å². The van der Waals surface area contributed by atoms with Crippen molar-refractivity contribution in [2.45, 2.75) is 0 Å². The van der Waals surface area contributed by atoms with Crippen LogP contribution in [0.2, 0.25) is 10.0 Å². The van der Waals surface area contributed by atoms with Gasteiger partial charge in [-0.05, 0) is 6.07 Å². The van der Waals surface area contributed by atoms with Crippen molar-refractivity contribution in [3.8, 4) is 11.5 Å². The molecule has 4 N–H and O–H groups in total. The fraction of sp³-hybridized carbons (Fsp3) is 0.400. The summed E-state index contributed by atoms with van der Waals surface area (Å²) in [6.45, 7) is 1.60. The zero-order valence-corrected chi connectivity index (χ0v) is 10.2. The minimum absolute atomic E-state index is 0.387. The standard InChI is InChI=1S/C10H14Cl2N2O2/c11-7-5-8(12)10(16-4-2-14)6-9(7)15-3-1-13/h5-6H,1-4,13-14H2. The van der Waals surface area contributed by atoms with Gasteiger partial charge in [0.05, 0.1) is 10.0 Å². The summed E-state index contributed by atoms with van der Waals surface area (Å²) in [5, 5.41) is 0.858. The van der Waals surface area contributed by atoms with Crippen molar-refractivity contribution in [1.82, 2.24) is 0 Å². The van der Waals surface area contributed by atoms with E-state index in [9.17, 15) is 0 Å². The zero-order valence-electron chi connectivity index (χ0n) is 8.71. The lowest BCUT2D eigenvalue weighted by atomic mass is 10.3. The molecule has 0 aliphatic carbocycles. The highest BCUT2D eigenvalue weighted by Gasteiger charge is 2.09. The normalized spacial score (nSPS) is 10.2. The minimum atomic E-state index is 0.387. The van der Waals surface area contributed by atoms with Gasteiger partial charge in [0.25, 0.3) is 0 Å². The van der Waals surface area contributed by atoms with E-state index in [-0.39, 0.29) is 0 Å². The van der Waals surface area contributed by atoms with Crippen LogP contribution in [-0.4, -0.2) is 26.3 Å². The van der Waals surface area contributed by atoms with E-state index in [0.29, 0.717) is 47.8 Å². The van der Waals surface area contributed by atoms with Crippen LogP contribution >= 0.6 is 23.2 Å². The Morgan fingerprint density at radius 3 is 1.69 bits per heavy atom. The van der Waals surface area contributed by atoms with Crippen molar-refractivity contribution in [2.24, 2.45) is 11.5 Å². The molecule has 6 heteroatoms. The molecule has 0 spiro atoms. The number of hydrogen-bond donors (Lipinski definition) is 2. The molecule has 1 aromatic rings. The van der Waals surface area contributed by atoms with E-state index in [1.807, 2.05) is 0 Å². The molecule has 0 aromatic heterocycles. The third-order valence-electron chi connectivity index (χ3n) is 1.74. The molecule has 0 atom stereocenters. The summed E-state index contributed by atoms with van der Waals surface area (Å²) in [6, 6.07) is 3.21. The van der Waals surface area contributed by atoms with Crippen molar-refractivity contribution in [1.29, 1.82) is 0 Å². The number of rotatable bonds is 6. The smallest absolute Gasteiger partial charge is 0.141 e. The van der Waals surface area contributed by atoms with E-state index in [0.717, 1.165) is 0 Å². The molecule has 0 fully saturated rings. The molecule has 0 radical (unpaired) electrons. The summed E-state index contributed by atoms with van der Waals surface area (Å²) in [7, 11) is 0. The molecule has 0 unspecified atom stereocenters. The van der Waals surface area contributed by atoms with E-state index < -0.39 is 0 Å². The lowest BCUT2D eigenvalue weighted by Crippen LogP contribution is -2.12. The first-order valence-corrected chi connectivity index (χ1v) is 5.59. The molecule has 0 saturated carbocycles. The van der Waals surface area contributed by atoms with Crippen molar-refractivity contribution in [3.63, 3.8) is 0 Å². The van der Waals surface area contributed by atoms with Gasteiger partial charge in [-0.25, -0.2) is 0 Å². The summed E-state index contributed by atoms with van der Waals surface area (Å²) in [5.41, 5.74) is 10.7. The summed E-state index contributed by atoms with van der Waals surface area (Å²) in [5.74, 6) is 1.01. The molecule has 1 rings (SSSR count). The Kier molecular flexibility index (Phi) is 5.69. The number of nitrogens with two attached hydrogens (primary N) is 2. The Balaban J connectivity index is 2.83. The number of halogens is 2. The van der Waals surface area contributed by atoms with Gasteiger partial charge >= 0.3 is 0 Å². The average Bonchev–Trinajstić information content (AvgIpc) is 2.26. The van der Waals surface area contributed by atoms with Crippen LogP contribution in [0.15, 0.2) is 12.1 Å². The highest BCUT2D eigenvalue weighted by atomic mass is 35.5. The Bertz CT molecular complexity index is 319. The molecule has 0 bridgehead atoms. The quantitative estimate of drug-likeness (QED) is 0.820. The summed E-state index contributed by atoms with van der Waals surface area (Å²) >= 11 is 11.9. The van der Waals surface area contributed by atoms with Gasteiger partial charge in [0.15, 0.2) is 0 Å². The fourth-order valence-corrected chi connectivity index (χ4v) is 1.56. The first-order chi connectivity index (χ1) is 7.69. The van der Waals surface area contributed by atoms with E-state index in [2.05, 4.69) is 0 Å². The highest BCUT2D eigenvalue weighted by molar-refractivity contribution is 6.36. The molecular weight excluding hydrogens is 251 g/mol. The number of ether oxygens (including phenoxy) is 2. The largest absolute Gasteiger partial charge is 0.491 e. The van der Waals surface area contributed by atoms with Crippen LogP contribution in [0, 0.1) is 0 Å². The van der Waals surface area contributed by atoms with Crippen LogP contribution in [-0.2, 0) is 0 Å². The van der Waals surface area contributed by atoms with Gasteiger partial charge in [0.1, 0.15) is 24.7 Å². The monoisotopic (exact) mass is 264 g/mol. The summed E-state index contributed by atoms with van der Waals surface area (Å²) in [4.78, 5) is 0. The van der Waals surface area contributed by atoms with Gasteiger partial charge in [-0.1, -0.05) is 23.2 Å². The van der Waals surface area contributed by atoms with Crippen LogP contribution in [0.5, 0.6) is 11.5 Å². The van der Waals surface area contributed by atoms with Crippen molar-refractivity contribution in [3.05, 3.63) is 22.2 Å². The van der Waals surface area contributed by atoms with E-state index >= 15 is 0 Å². The van der Waals surface area contributed by atoms with Crippen molar-refractivity contribution < 1.29 is 9.47 Å². The predicted octanol–water partition coefficient (Wildman–Crippen LogP) is 1.67. The lowest BCUT2D eigenvalue weighted by molar-refractivity contribution is 0.312. The van der Waals surface area contributed by atoms with E-state index in [1.54, 1.807) is 12.1 Å². The van der Waals surface area contributed by atoms with Crippen LogP contribution in [0.1, 0.15) is 0 Å². The van der Waals surface area contributed by atoms with Gasteiger partial charge in [-0.3, -0.25) is 0 Å². The van der Waals surface area contributed by atoms with Gasteiger partial charge in [-0.15, -0.1) is 0 Å². The summed E-state index contributed by atoms with van der Waals surface area (Å²) < 4.78 is 10.7. The van der Waals surface area contributed by atoms with Crippen molar-refractivity contribution >= 4 is 23.2 Å². The molecule has 90 valence electrons. The minimum Gasteiger partial charge on any atom is -0.491 e. The molecule has 1 aromatic carbocycles. The average molecular weight is 265 g/mol. The molecule has 16 heavy (non-hydrogen) atoms. The Morgan fingerprint density at radius 2 is 1.31 bits per heavy atom. The first-order valence-electron chi connectivity index (χ1n) is 4.83. The van der Waals surface area contributed by atoms with Gasteiger partial charge in [0, 0.05) is 19.2 Å². The van der Waals surface area contributed by atoms with E-state index in [4.69, 9.17) is 44.1 Å². The summed E-state index contributed by atoms with van der Waals surface area (Å²) in [6.07, 6.45) is 0. The molecule has 0 amide bonds. The Labute approximate surface area is 104 Å². The highest BCUT2D eigenvalue weighted by Crippen LogP contribution is 2.35. The molecular formula is C10H14Cl2N2O2. The molecule has 0 aliphatic rings. The second-order valence-corrected chi connectivity index (χ2v) is 3.80. The fourth-order valence-electron chi connectivity index (χ4n) is 1.07. The maximum atomic E-state index is 5.94. The second kappa shape index (κ2) is 6.81. The third kappa shape index (κ3) is 3.72. The molecule has 0 heterocycles. The first kappa shape index (κ1) is 13.4. The number of hydrogen-bond acceptors (Lipinski definition) is 4. The van der Waals surface area contributed by atoms with Gasteiger partial charge < -0.3 is 20.9 Å². The van der Waals surface area contributed by atoms with Crippen LogP contribution in [0.4, 0.5) is 0 Å². The van der Waals surface area contributed by atoms with Gasteiger partial charge in [-0.2, -0.15) is 0 Å². The Morgan fingerprint density at radius 1 is 0.875 bits per heavy atom. The predicted molar refractivity (Wildman–Crippen MR) is 65.6 cm³/mol. The maximum Gasteiger partial charge on any atom is 0.141 e. The Hall–Kier alpha value is -0.680. The number of benzene rings is 1. The van der Waals surface area contributed by atoms with Gasteiger partial charge in [0.2, 0.25) is 0 Å². The van der Waals surface area contributed by atoms with Crippen LogP contribution < -0.4 is 20.9 Å². The molecule has 0 saturated heterocycles. The van der Waals surface area contributed by atoms with Crippen LogP contribution in [0.25, 0.3) is 0 Å². The molecule has 0 aliphatic heterocycles. The maximum absolute atomic E-state index is 5.94.